The van der Waals surface area contributed by atoms with Gasteiger partial charge in [-0.1, -0.05) is 12.1 Å². The smallest absolute Gasteiger partial charge is 0.310 e. The molecular weight excluding hydrogens is 277 g/mol. The molecule has 5 nitrogen and oxygen atoms in total. The van der Waals surface area contributed by atoms with E-state index in [9.17, 15) is 19.3 Å². The number of rotatable bonds is 4. The summed E-state index contributed by atoms with van der Waals surface area (Å²) in [5.74, 6) is -2.39. The Morgan fingerprint density at radius 1 is 1.24 bits per heavy atom. The lowest BCUT2D eigenvalue weighted by molar-refractivity contribution is -0.384. The van der Waals surface area contributed by atoms with E-state index < -0.39 is 22.6 Å². The Labute approximate surface area is 119 Å². The van der Waals surface area contributed by atoms with Crippen LogP contribution in [0.2, 0.25) is 0 Å². The summed E-state index contributed by atoms with van der Waals surface area (Å²) in [5, 5.41) is 19.5. The van der Waals surface area contributed by atoms with Crippen molar-refractivity contribution in [1.82, 2.24) is 0 Å². The van der Waals surface area contributed by atoms with Crippen molar-refractivity contribution in [3.63, 3.8) is 0 Å². The number of hydrogen-bond acceptors (Lipinski definition) is 3. The van der Waals surface area contributed by atoms with Crippen LogP contribution < -0.4 is 0 Å². The zero-order chi connectivity index (χ0) is 15.6. The fourth-order valence-corrected chi connectivity index (χ4v) is 1.94. The predicted molar refractivity (Wildman–Crippen MR) is 74.5 cm³/mol. The molecule has 1 unspecified atom stereocenters. The lowest BCUT2D eigenvalue weighted by atomic mass is 9.97. The number of nitrogens with zero attached hydrogens (tertiary/aromatic N) is 1. The summed E-state index contributed by atoms with van der Waals surface area (Å²) in [7, 11) is 0. The molecule has 1 N–H and O–H groups in total. The quantitative estimate of drug-likeness (QED) is 0.689. The van der Waals surface area contributed by atoms with E-state index in [1.807, 2.05) is 0 Å². The van der Waals surface area contributed by atoms with E-state index in [0.717, 1.165) is 0 Å². The summed E-state index contributed by atoms with van der Waals surface area (Å²) in [5.41, 5.74) is 1.06. The number of nitro groups is 1. The SMILES string of the molecule is CC(C(=O)O)c1ccc(-c2ccc([N+](=O)[O-])cc2)c(F)c1. The van der Waals surface area contributed by atoms with Gasteiger partial charge in [0.2, 0.25) is 0 Å². The fourth-order valence-electron chi connectivity index (χ4n) is 1.94. The Morgan fingerprint density at radius 2 is 1.86 bits per heavy atom. The normalized spacial score (nSPS) is 11.9. The third kappa shape index (κ3) is 3.05. The van der Waals surface area contributed by atoms with Gasteiger partial charge in [0.05, 0.1) is 10.8 Å². The molecule has 0 aliphatic heterocycles. The molecule has 6 heteroatoms. The summed E-state index contributed by atoms with van der Waals surface area (Å²) in [6, 6.07) is 9.69. The minimum absolute atomic E-state index is 0.0738. The average Bonchev–Trinajstić information content (AvgIpc) is 2.46. The first-order valence-corrected chi connectivity index (χ1v) is 6.17. The molecule has 108 valence electrons. The molecule has 0 aliphatic carbocycles. The number of benzene rings is 2. The highest BCUT2D eigenvalue weighted by atomic mass is 19.1. The van der Waals surface area contributed by atoms with Crippen LogP contribution in [0.5, 0.6) is 0 Å². The molecule has 1 atom stereocenters. The first-order valence-electron chi connectivity index (χ1n) is 6.17. The minimum Gasteiger partial charge on any atom is -0.481 e. The third-order valence-electron chi connectivity index (χ3n) is 3.25. The van der Waals surface area contributed by atoms with Crippen molar-refractivity contribution in [2.45, 2.75) is 12.8 Å². The van der Waals surface area contributed by atoms with Crippen molar-refractivity contribution in [2.75, 3.05) is 0 Å². The summed E-state index contributed by atoms with van der Waals surface area (Å²) in [4.78, 5) is 20.9. The fraction of sp³-hybridized carbons (Fsp3) is 0.133. The second kappa shape index (κ2) is 5.70. The molecule has 0 saturated carbocycles. The minimum atomic E-state index is -1.03. The molecule has 0 fully saturated rings. The monoisotopic (exact) mass is 289 g/mol. The van der Waals surface area contributed by atoms with Gasteiger partial charge in [-0.15, -0.1) is 0 Å². The summed E-state index contributed by atoms with van der Waals surface area (Å²) in [6.45, 7) is 1.47. The van der Waals surface area contributed by atoms with Crippen molar-refractivity contribution in [3.8, 4) is 11.1 Å². The highest BCUT2D eigenvalue weighted by molar-refractivity contribution is 5.76. The van der Waals surface area contributed by atoms with Crippen molar-refractivity contribution in [3.05, 3.63) is 64.0 Å². The molecule has 0 amide bonds. The van der Waals surface area contributed by atoms with Crippen LogP contribution in [0.3, 0.4) is 0 Å². The van der Waals surface area contributed by atoms with E-state index in [-0.39, 0.29) is 11.3 Å². The number of hydrogen-bond donors (Lipinski definition) is 1. The Morgan fingerprint density at radius 3 is 2.33 bits per heavy atom. The molecule has 21 heavy (non-hydrogen) atoms. The number of nitro benzene ring substituents is 1. The van der Waals surface area contributed by atoms with Crippen LogP contribution in [-0.2, 0) is 4.79 Å². The predicted octanol–water partition coefficient (Wildman–Crippen LogP) is 3.59. The van der Waals surface area contributed by atoms with Crippen molar-refractivity contribution >= 4 is 11.7 Å². The van der Waals surface area contributed by atoms with E-state index >= 15 is 0 Å². The van der Waals surface area contributed by atoms with Crippen molar-refractivity contribution < 1.29 is 19.2 Å². The number of carboxylic acid groups (broad SMARTS) is 1. The van der Waals surface area contributed by atoms with Gasteiger partial charge in [-0.25, -0.2) is 4.39 Å². The summed E-state index contributed by atoms with van der Waals surface area (Å²) in [6.07, 6.45) is 0. The number of aliphatic carboxylic acids is 1. The summed E-state index contributed by atoms with van der Waals surface area (Å²) < 4.78 is 14.1. The Balaban J connectivity index is 2.37. The second-order valence-corrected chi connectivity index (χ2v) is 4.60. The number of non-ortho nitro benzene ring substituents is 1. The van der Waals surface area contributed by atoms with Crippen LogP contribution in [0.1, 0.15) is 18.4 Å². The molecule has 2 aromatic rings. The van der Waals surface area contributed by atoms with Gasteiger partial charge in [0.1, 0.15) is 5.82 Å². The van der Waals surface area contributed by atoms with Crippen LogP contribution in [0.4, 0.5) is 10.1 Å². The largest absolute Gasteiger partial charge is 0.481 e. The highest BCUT2D eigenvalue weighted by Crippen LogP contribution is 2.27. The van der Waals surface area contributed by atoms with Crippen LogP contribution in [0.15, 0.2) is 42.5 Å². The molecule has 0 heterocycles. The maximum Gasteiger partial charge on any atom is 0.310 e. The lowest BCUT2D eigenvalue weighted by Gasteiger charge is -2.09. The van der Waals surface area contributed by atoms with Gasteiger partial charge in [-0.05, 0) is 36.2 Å². The standard InChI is InChI=1S/C15H12FNO4/c1-9(15(18)19)11-4-7-13(14(16)8-11)10-2-5-12(6-3-10)17(20)21/h2-9H,1H3,(H,18,19). The molecule has 2 aromatic carbocycles. The Kier molecular flexibility index (Phi) is 3.98. The van der Waals surface area contributed by atoms with Crippen LogP contribution in [0.25, 0.3) is 11.1 Å². The molecular formula is C15H12FNO4. The van der Waals surface area contributed by atoms with Crippen LogP contribution >= 0.6 is 0 Å². The number of halogens is 1. The van der Waals surface area contributed by atoms with E-state index in [2.05, 4.69) is 0 Å². The Bertz CT molecular complexity index is 697. The maximum atomic E-state index is 14.1. The molecule has 2 rings (SSSR count). The van der Waals surface area contributed by atoms with E-state index in [0.29, 0.717) is 11.1 Å². The van der Waals surface area contributed by atoms with E-state index in [4.69, 9.17) is 5.11 Å². The van der Waals surface area contributed by atoms with Gasteiger partial charge in [-0.2, -0.15) is 0 Å². The maximum absolute atomic E-state index is 14.1. The zero-order valence-electron chi connectivity index (χ0n) is 11.1. The first kappa shape index (κ1) is 14.6. The number of carboxylic acids is 1. The van der Waals surface area contributed by atoms with Gasteiger partial charge in [0, 0.05) is 17.7 Å². The van der Waals surface area contributed by atoms with Gasteiger partial charge < -0.3 is 5.11 Å². The Hall–Kier alpha value is -2.76. The summed E-state index contributed by atoms with van der Waals surface area (Å²) >= 11 is 0. The molecule has 0 spiro atoms. The molecule has 0 bridgehead atoms. The number of carbonyl (C=O) groups is 1. The van der Waals surface area contributed by atoms with E-state index in [1.165, 1.54) is 43.3 Å². The van der Waals surface area contributed by atoms with Gasteiger partial charge >= 0.3 is 5.97 Å². The van der Waals surface area contributed by atoms with Crippen LogP contribution in [0, 0.1) is 15.9 Å². The second-order valence-electron chi connectivity index (χ2n) is 4.60. The third-order valence-corrected chi connectivity index (χ3v) is 3.25. The van der Waals surface area contributed by atoms with Crippen molar-refractivity contribution in [2.24, 2.45) is 0 Å². The highest BCUT2D eigenvalue weighted by Gasteiger charge is 2.16. The molecule has 0 saturated heterocycles. The molecule has 0 radical (unpaired) electrons. The molecule has 0 aromatic heterocycles. The zero-order valence-corrected chi connectivity index (χ0v) is 11.1. The molecule has 0 aliphatic rings. The van der Waals surface area contributed by atoms with Gasteiger partial charge in [-0.3, -0.25) is 14.9 Å². The van der Waals surface area contributed by atoms with Crippen LogP contribution in [-0.4, -0.2) is 16.0 Å². The van der Waals surface area contributed by atoms with E-state index in [1.54, 1.807) is 6.07 Å². The lowest BCUT2D eigenvalue weighted by Crippen LogP contribution is -2.07. The van der Waals surface area contributed by atoms with Crippen molar-refractivity contribution in [1.29, 1.82) is 0 Å². The first-order chi connectivity index (χ1) is 9.90. The van der Waals surface area contributed by atoms with Gasteiger partial charge in [0.25, 0.3) is 5.69 Å². The topological polar surface area (TPSA) is 80.4 Å². The van der Waals surface area contributed by atoms with Gasteiger partial charge in [0.15, 0.2) is 0 Å². The average molecular weight is 289 g/mol.